The predicted molar refractivity (Wildman–Crippen MR) is 76.2 cm³/mol. The van der Waals surface area contributed by atoms with Gasteiger partial charge in [-0.2, -0.15) is 0 Å². The first kappa shape index (κ1) is 11.0. The second-order valence-electron chi connectivity index (χ2n) is 4.65. The van der Waals surface area contributed by atoms with Crippen LogP contribution in [0.15, 0.2) is 54.6 Å². The lowest BCUT2D eigenvalue weighted by Gasteiger charge is -2.02. The van der Waals surface area contributed by atoms with Crippen molar-refractivity contribution < 1.29 is 9.90 Å². The molecular weight excluding hydrogens is 252 g/mol. The van der Waals surface area contributed by atoms with Crippen molar-refractivity contribution in [2.45, 2.75) is 0 Å². The van der Waals surface area contributed by atoms with E-state index in [2.05, 4.69) is 4.98 Å². The Labute approximate surface area is 114 Å². The molecule has 0 saturated carbocycles. The molecule has 0 radical (unpaired) electrons. The molecule has 0 aliphatic carbocycles. The van der Waals surface area contributed by atoms with Crippen molar-refractivity contribution in [1.29, 1.82) is 0 Å². The molecule has 0 saturated heterocycles. The highest BCUT2D eigenvalue weighted by Gasteiger charge is 2.33. The molecule has 96 valence electrons. The fourth-order valence-electron chi connectivity index (χ4n) is 2.58. The first-order chi connectivity index (χ1) is 9.77. The van der Waals surface area contributed by atoms with E-state index < -0.39 is 0 Å². The quantitative estimate of drug-likeness (QED) is 0.733. The Kier molecular flexibility index (Phi) is 2.09. The number of fused-ring (bicyclic) bond motifs is 3. The number of nitrogens with zero attached hydrogens (tertiary/aromatic N) is 2. The van der Waals surface area contributed by atoms with Crippen molar-refractivity contribution in [2.24, 2.45) is 0 Å². The van der Waals surface area contributed by atoms with Gasteiger partial charge in [-0.25, -0.2) is 4.98 Å². The third kappa shape index (κ3) is 1.30. The molecule has 0 fully saturated rings. The number of benzene rings is 2. The summed E-state index contributed by atoms with van der Waals surface area (Å²) in [4.78, 5) is 16.9. The zero-order valence-electron chi connectivity index (χ0n) is 10.4. The Morgan fingerprint density at radius 2 is 1.65 bits per heavy atom. The lowest BCUT2D eigenvalue weighted by molar-refractivity contribution is 0.0988. The molecule has 0 atom stereocenters. The van der Waals surface area contributed by atoms with Crippen LogP contribution in [-0.2, 0) is 0 Å². The second kappa shape index (κ2) is 3.81. The van der Waals surface area contributed by atoms with E-state index >= 15 is 0 Å². The lowest BCUT2D eigenvalue weighted by Crippen LogP contribution is -2.07. The molecule has 0 amide bonds. The summed E-state index contributed by atoms with van der Waals surface area (Å²) in [6.07, 6.45) is 0. The third-order valence-corrected chi connectivity index (χ3v) is 3.49. The molecule has 3 aromatic rings. The largest absolute Gasteiger partial charge is 0.504 e. The highest BCUT2D eigenvalue weighted by Crippen LogP contribution is 2.34. The Morgan fingerprint density at radius 1 is 0.950 bits per heavy atom. The van der Waals surface area contributed by atoms with Gasteiger partial charge in [0.15, 0.2) is 11.6 Å². The Bertz CT molecular complexity index is 876. The standard InChI is InChI=1S/C16H10N2O2/c19-14-13(10-6-2-1-3-7-10)16(20)18-12-9-5-4-8-11(12)17-15(14)18/h1-9,19H. The van der Waals surface area contributed by atoms with E-state index in [-0.39, 0.29) is 11.7 Å². The fourth-order valence-corrected chi connectivity index (χ4v) is 2.58. The van der Waals surface area contributed by atoms with Crippen molar-refractivity contribution >= 4 is 28.3 Å². The van der Waals surface area contributed by atoms with Gasteiger partial charge in [0.2, 0.25) is 0 Å². The zero-order chi connectivity index (χ0) is 13.7. The molecular formula is C16H10N2O2. The summed E-state index contributed by atoms with van der Waals surface area (Å²) in [5.41, 5.74) is 2.42. The summed E-state index contributed by atoms with van der Waals surface area (Å²) in [6, 6.07) is 16.5. The van der Waals surface area contributed by atoms with E-state index in [1.807, 2.05) is 42.5 Å². The number of imidazole rings is 1. The lowest BCUT2D eigenvalue weighted by atomic mass is 10.1. The van der Waals surface area contributed by atoms with Crippen LogP contribution in [0.4, 0.5) is 0 Å². The minimum absolute atomic E-state index is 0.0580. The Balaban J connectivity index is 2.00. The Morgan fingerprint density at radius 3 is 2.45 bits per heavy atom. The summed E-state index contributed by atoms with van der Waals surface area (Å²) >= 11 is 0. The summed E-state index contributed by atoms with van der Waals surface area (Å²) in [5.74, 6) is 0.0184. The summed E-state index contributed by atoms with van der Waals surface area (Å²) in [6.45, 7) is 0. The van der Waals surface area contributed by atoms with E-state index in [0.29, 0.717) is 28.0 Å². The number of aliphatic hydroxyl groups is 1. The third-order valence-electron chi connectivity index (χ3n) is 3.49. The number of carbonyl (C=O) groups is 1. The number of aromatic nitrogens is 2. The number of aliphatic hydroxyl groups excluding tert-OH is 1. The highest BCUT2D eigenvalue weighted by molar-refractivity contribution is 6.31. The van der Waals surface area contributed by atoms with Gasteiger partial charge in [-0.05, 0) is 17.7 Å². The number of carbonyl (C=O) groups excluding carboxylic acids is 1. The number of allylic oxidation sites excluding steroid dienone is 1. The molecule has 20 heavy (non-hydrogen) atoms. The Hall–Kier alpha value is -2.88. The topological polar surface area (TPSA) is 55.1 Å². The van der Waals surface area contributed by atoms with Crippen LogP contribution in [0.25, 0.3) is 22.4 Å². The van der Waals surface area contributed by atoms with Crippen LogP contribution in [0.5, 0.6) is 0 Å². The molecule has 2 heterocycles. The normalized spacial score (nSPS) is 14.1. The average molecular weight is 262 g/mol. The molecule has 0 bridgehead atoms. The van der Waals surface area contributed by atoms with Gasteiger partial charge in [-0.15, -0.1) is 0 Å². The van der Waals surface area contributed by atoms with Crippen molar-refractivity contribution in [3.8, 4) is 0 Å². The molecule has 0 spiro atoms. The maximum absolute atomic E-state index is 12.6. The first-order valence-corrected chi connectivity index (χ1v) is 6.28. The number of para-hydroxylation sites is 2. The molecule has 1 aromatic heterocycles. The van der Waals surface area contributed by atoms with Gasteiger partial charge < -0.3 is 5.11 Å². The van der Waals surface area contributed by atoms with Gasteiger partial charge in [0, 0.05) is 0 Å². The average Bonchev–Trinajstić information content (AvgIpc) is 2.97. The van der Waals surface area contributed by atoms with E-state index in [1.54, 1.807) is 12.1 Å². The SMILES string of the molecule is O=C1C(c2ccccc2)=C(O)c2nc3ccccc3n21. The monoisotopic (exact) mass is 262 g/mol. The first-order valence-electron chi connectivity index (χ1n) is 6.28. The van der Waals surface area contributed by atoms with E-state index in [0.717, 1.165) is 0 Å². The van der Waals surface area contributed by atoms with Gasteiger partial charge in [0.25, 0.3) is 5.91 Å². The zero-order valence-corrected chi connectivity index (χ0v) is 10.4. The highest BCUT2D eigenvalue weighted by atomic mass is 16.3. The number of hydrogen-bond acceptors (Lipinski definition) is 3. The van der Waals surface area contributed by atoms with Crippen LogP contribution in [-0.4, -0.2) is 20.6 Å². The molecule has 2 aromatic carbocycles. The molecule has 4 rings (SSSR count). The number of hydrogen-bond donors (Lipinski definition) is 1. The van der Waals surface area contributed by atoms with Crippen LogP contribution >= 0.6 is 0 Å². The second-order valence-corrected chi connectivity index (χ2v) is 4.65. The van der Waals surface area contributed by atoms with Gasteiger partial charge in [0.05, 0.1) is 16.6 Å². The maximum atomic E-state index is 12.6. The fraction of sp³-hybridized carbons (Fsp3) is 0. The van der Waals surface area contributed by atoms with Crippen molar-refractivity contribution in [1.82, 2.24) is 9.55 Å². The molecule has 1 N–H and O–H groups in total. The van der Waals surface area contributed by atoms with Crippen molar-refractivity contribution in [3.05, 3.63) is 66.0 Å². The van der Waals surface area contributed by atoms with Crippen molar-refractivity contribution in [3.63, 3.8) is 0 Å². The van der Waals surface area contributed by atoms with Crippen LogP contribution in [0.1, 0.15) is 16.2 Å². The molecule has 4 heteroatoms. The summed E-state index contributed by atoms with van der Waals surface area (Å²) < 4.78 is 1.47. The van der Waals surface area contributed by atoms with Crippen LogP contribution in [0, 0.1) is 0 Å². The molecule has 1 aliphatic rings. The maximum Gasteiger partial charge on any atom is 0.268 e. The summed E-state index contributed by atoms with van der Waals surface area (Å²) in [5, 5.41) is 10.3. The van der Waals surface area contributed by atoms with Gasteiger partial charge >= 0.3 is 0 Å². The van der Waals surface area contributed by atoms with E-state index in [9.17, 15) is 9.90 Å². The van der Waals surface area contributed by atoms with Crippen molar-refractivity contribution in [2.75, 3.05) is 0 Å². The molecule has 0 unspecified atom stereocenters. The molecule has 4 nitrogen and oxygen atoms in total. The summed E-state index contributed by atoms with van der Waals surface area (Å²) in [7, 11) is 0. The minimum Gasteiger partial charge on any atom is -0.504 e. The minimum atomic E-state index is -0.239. The molecule has 1 aliphatic heterocycles. The smallest absolute Gasteiger partial charge is 0.268 e. The van der Waals surface area contributed by atoms with Crippen LogP contribution in [0.3, 0.4) is 0 Å². The predicted octanol–water partition coefficient (Wildman–Crippen LogP) is 3.12. The van der Waals surface area contributed by atoms with Crippen LogP contribution < -0.4 is 0 Å². The van der Waals surface area contributed by atoms with Gasteiger partial charge in [-0.3, -0.25) is 9.36 Å². The van der Waals surface area contributed by atoms with Crippen LogP contribution in [0.2, 0.25) is 0 Å². The van der Waals surface area contributed by atoms with Gasteiger partial charge in [-0.1, -0.05) is 42.5 Å². The van der Waals surface area contributed by atoms with E-state index in [4.69, 9.17) is 0 Å². The number of rotatable bonds is 1. The van der Waals surface area contributed by atoms with E-state index in [1.165, 1.54) is 4.57 Å². The van der Waals surface area contributed by atoms with Gasteiger partial charge in [0.1, 0.15) is 0 Å².